The zero-order chi connectivity index (χ0) is 15.7. The second-order valence-electron chi connectivity index (χ2n) is 4.51. The maximum Gasteiger partial charge on any atom is 1.00 e. The Kier molecular flexibility index (Phi) is 6.45. The van der Waals surface area contributed by atoms with E-state index in [1.807, 2.05) is 12.1 Å². The molecule has 23 heavy (non-hydrogen) atoms. The molecule has 3 rings (SSSR count). The van der Waals surface area contributed by atoms with E-state index in [-0.39, 0.29) is 31.0 Å². The van der Waals surface area contributed by atoms with Crippen LogP contribution in [0.2, 0.25) is 10.2 Å². The first-order valence-electron chi connectivity index (χ1n) is 6.27. The molecule has 2 aromatic carbocycles. The minimum Gasteiger partial charge on any atom is -1.00 e. The Morgan fingerprint density at radius 3 is 2.22 bits per heavy atom. The van der Waals surface area contributed by atoms with E-state index in [0.717, 1.165) is 16.9 Å². The van der Waals surface area contributed by atoms with E-state index in [1.165, 1.54) is 0 Å². The summed E-state index contributed by atoms with van der Waals surface area (Å²) in [6.07, 6.45) is 0. The molecule has 1 atom stereocenters. The van der Waals surface area contributed by atoms with Crippen LogP contribution in [-0.2, 0) is 11.1 Å². The fourth-order valence-electron chi connectivity index (χ4n) is 2.08. The summed E-state index contributed by atoms with van der Waals surface area (Å²) in [5.74, 6) is 0. The maximum atomic E-state index is 11.0. The number of aromatic nitrogens is 2. The van der Waals surface area contributed by atoms with Crippen molar-refractivity contribution in [2.45, 2.75) is 4.90 Å². The van der Waals surface area contributed by atoms with E-state index in [2.05, 4.69) is 5.10 Å². The molecule has 0 fully saturated rings. The smallest absolute Gasteiger partial charge is 1.00 e. The third-order valence-corrected chi connectivity index (χ3v) is 4.21. The van der Waals surface area contributed by atoms with Crippen molar-refractivity contribution in [3.63, 3.8) is 0 Å². The van der Waals surface area contributed by atoms with Crippen molar-refractivity contribution in [1.82, 2.24) is 9.78 Å². The summed E-state index contributed by atoms with van der Waals surface area (Å²) in [5.41, 5.74) is 2.44. The second kappa shape index (κ2) is 7.94. The molecule has 0 spiro atoms. The maximum absolute atomic E-state index is 11.0. The summed E-state index contributed by atoms with van der Waals surface area (Å²) in [6.45, 7) is 0. The van der Waals surface area contributed by atoms with Gasteiger partial charge in [0, 0.05) is 16.7 Å². The molecule has 8 heteroatoms. The minimum atomic E-state index is -2.00. The Balaban J connectivity index is 0.00000144. The van der Waals surface area contributed by atoms with Crippen molar-refractivity contribution in [3.05, 3.63) is 64.8 Å². The Morgan fingerprint density at radius 2 is 1.65 bits per heavy atom. The van der Waals surface area contributed by atoms with Crippen molar-refractivity contribution in [3.8, 4) is 16.9 Å². The fourth-order valence-corrected chi connectivity index (χ4v) is 2.75. The Bertz CT molecular complexity index is 842. The normalized spacial score (nSPS) is 11.8. The van der Waals surface area contributed by atoms with Crippen LogP contribution in [-0.4, -0.2) is 18.5 Å². The first-order chi connectivity index (χ1) is 10.5. The van der Waals surface area contributed by atoms with Crippen LogP contribution in [0.1, 0.15) is 1.43 Å². The average molecular weight is 377 g/mol. The van der Waals surface area contributed by atoms with Gasteiger partial charge in [0.15, 0.2) is 16.2 Å². The molecule has 0 aliphatic carbocycles. The van der Waals surface area contributed by atoms with Crippen molar-refractivity contribution in [1.29, 1.82) is 0 Å². The average Bonchev–Trinajstić information content (AvgIpc) is 2.90. The molecule has 0 aliphatic rings. The summed E-state index contributed by atoms with van der Waals surface area (Å²) in [7, 11) is 0. The van der Waals surface area contributed by atoms with Gasteiger partial charge in [-0.1, -0.05) is 35.3 Å². The van der Waals surface area contributed by atoms with E-state index >= 15 is 0 Å². The minimum absolute atomic E-state index is 0. The van der Waals surface area contributed by atoms with Gasteiger partial charge >= 0.3 is 29.6 Å². The molecule has 3 aromatic rings. The summed E-state index contributed by atoms with van der Waals surface area (Å²) >= 11 is 9.94. The van der Waals surface area contributed by atoms with Gasteiger partial charge in [0.05, 0.1) is 16.3 Å². The van der Waals surface area contributed by atoms with Crippen LogP contribution in [0.5, 0.6) is 0 Å². The molecule has 1 heterocycles. The van der Waals surface area contributed by atoms with Gasteiger partial charge in [0.25, 0.3) is 0 Å². The Labute approximate surface area is 169 Å². The molecule has 114 valence electrons. The monoisotopic (exact) mass is 376 g/mol. The van der Waals surface area contributed by atoms with E-state index in [1.54, 1.807) is 47.1 Å². The quantitative estimate of drug-likeness (QED) is 0.557. The zero-order valence-electron chi connectivity index (χ0n) is 13.1. The molecule has 0 aliphatic heterocycles. The molecule has 0 bridgehead atoms. The van der Waals surface area contributed by atoms with Gasteiger partial charge in [0.1, 0.15) is 0 Å². The summed E-state index contributed by atoms with van der Waals surface area (Å²) in [5, 5.41) is 5.27. The van der Waals surface area contributed by atoms with Crippen LogP contribution < -0.4 is 29.6 Å². The van der Waals surface area contributed by atoms with Gasteiger partial charge in [-0.2, -0.15) is 5.10 Å². The van der Waals surface area contributed by atoms with E-state index < -0.39 is 11.1 Å². The zero-order valence-corrected chi connectivity index (χ0v) is 16.4. The summed E-state index contributed by atoms with van der Waals surface area (Å²) in [6, 6.07) is 15.7. The number of nitrogens with zero attached hydrogens (tertiary/aromatic N) is 2. The standard InChI is InChI=1S/C15H10Cl2N2O2S.Na.H/c16-11-3-5-12(6-4-11)19-14(9-15(17)18-19)10-1-7-13(8-2-10)22(20)21;;/h1-9H,(H,20,21);;/q;+1;-1. The van der Waals surface area contributed by atoms with Crippen LogP contribution >= 0.6 is 23.2 Å². The first-order valence-corrected chi connectivity index (χ1v) is 8.13. The Hall–Kier alpha value is -0.660. The van der Waals surface area contributed by atoms with Crippen molar-refractivity contribution in [2.24, 2.45) is 0 Å². The van der Waals surface area contributed by atoms with Crippen LogP contribution in [0.4, 0.5) is 0 Å². The van der Waals surface area contributed by atoms with Gasteiger partial charge < -0.3 is 5.98 Å². The van der Waals surface area contributed by atoms with Gasteiger partial charge in [-0.3, -0.25) is 0 Å². The molecular formula is C15H11Cl2N2NaO2S. The predicted octanol–water partition coefficient (Wildman–Crippen LogP) is 1.54. The number of rotatable bonds is 3. The largest absolute Gasteiger partial charge is 1.00 e. The molecule has 1 aromatic heterocycles. The Morgan fingerprint density at radius 1 is 1.04 bits per heavy atom. The molecule has 0 saturated carbocycles. The van der Waals surface area contributed by atoms with Crippen molar-refractivity contribution < 1.29 is 39.7 Å². The third-order valence-electron chi connectivity index (χ3n) is 3.10. The number of hydrogen-bond acceptors (Lipinski definition) is 2. The van der Waals surface area contributed by atoms with Gasteiger partial charge in [-0.25, -0.2) is 8.89 Å². The van der Waals surface area contributed by atoms with E-state index in [9.17, 15) is 4.21 Å². The number of halogens is 2. The molecular weight excluding hydrogens is 366 g/mol. The van der Waals surface area contributed by atoms with Crippen molar-refractivity contribution >= 4 is 34.3 Å². The van der Waals surface area contributed by atoms with Crippen LogP contribution in [0.15, 0.2) is 59.5 Å². The van der Waals surface area contributed by atoms with Crippen LogP contribution in [0.25, 0.3) is 16.9 Å². The summed E-state index contributed by atoms with van der Waals surface area (Å²) < 4.78 is 21.8. The summed E-state index contributed by atoms with van der Waals surface area (Å²) in [4.78, 5) is 0.340. The fraction of sp³-hybridized carbons (Fsp3) is 0. The third kappa shape index (κ3) is 4.25. The predicted molar refractivity (Wildman–Crippen MR) is 89.2 cm³/mol. The second-order valence-corrected chi connectivity index (χ2v) is 6.31. The molecule has 0 amide bonds. The van der Waals surface area contributed by atoms with Gasteiger partial charge in [-0.05, 0) is 36.4 Å². The SMILES string of the molecule is O=S(O)c1ccc(-c2cc(Cl)nn2-c2ccc(Cl)cc2)cc1.[H-].[Na+]. The van der Waals surface area contributed by atoms with E-state index in [0.29, 0.717) is 15.1 Å². The van der Waals surface area contributed by atoms with Crippen LogP contribution in [0, 0.1) is 0 Å². The molecule has 1 N–H and O–H groups in total. The van der Waals surface area contributed by atoms with Crippen LogP contribution in [0.3, 0.4) is 0 Å². The molecule has 4 nitrogen and oxygen atoms in total. The van der Waals surface area contributed by atoms with Gasteiger partial charge in [0.2, 0.25) is 0 Å². The first kappa shape index (κ1) is 18.7. The topological polar surface area (TPSA) is 55.1 Å². The van der Waals surface area contributed by atoms with E-state index in [4.69, 9.17) is 27.8 Å². The number of benzene rings is 2. The number of hydrogen-bond donors (Lipinski definition) is 1. The van der Waals surface area contributed by atoms with Crippen molar-refractivity contribution in [2.75, 3.05) is 0 Å². The molecule has 0 saturated heterocycles. The molecule has 1 unspecified atom stereocenters. The van der Waals surface area contributed by atoms with Gasteiger partial charge in [-0.15, -0.1) is 0 Å². The molecule has 0 radical (unpaired) electrons.